The number of carboxylic acids is 1. The molecule has 0 spiro atoms. The Hall–Kier alpha value is -2.48. The second-order valence-corrected chi connectivity index (χ2v) is 4.37. The summed E-state index contributed by atoms with van der Waals surface area (Å²) in [5.41, 5.74) is -0.441. The molecule has 1 N–H and O–H groups in total. The molecule has 0 radical (unpaired) electrons. The number of ether oxygens (including phenoxy) is 1. The number of nitro groups is 1. The van der Waals surface area contributed by atoms with Gasteiger partial charge in [0.2, 0.25) is 0 Å². The number of aromatic carboxylic acids is 1. The van der Waals surface area contributed by atoms with Gasteiger partial charge in [0.1, 0.15) is 22.2 Å². The van der Waals surface area contributed by atoms with Crippen LogP contribution in [0.25, 0.3) is 0 Å². The number of carboxylic acid groups (broad SMARTS) is 1. The highest BCUT2D eigenvalue weighted by Crippen LogP contribution is 2.29. The largest absolute Gasteiger partial charge is 0.477 e. The van der Waals surface area contributed by atoms with Gasteiger partial charge in [0, 0.05) is 17.5 Å². The van der Waals surface area contributed by atoms with E-state index in [2.05, 4.69) is 0 Å². The number of nitrogens with zero attached hydrogens (tertiary/aromatic N) is 1. The first-order valence-electron chi connectivity index (χ1n) is 4.90. The summed E-state index contributed by atoms with van der Waals surface area (Å²) in [6.45, 7) is 0. The molecule has 0 saturated heterocycles. The van der Waals surface area contributed by atoms with Crippen molar-refractivity contribution in [2.75, 3.05) is 0 Å². The van der Waals surface area contributed by atoms with Crippen molar-refractivity contribution in [3.8, 4) is 11.5 Å². The Morgan fingerprint density at radius 3 is 2.63 bits per heavy atom. The second kappa shape index (κ2) is 5.02. The van der Waals surface area contributed by atoms with E-state index >= 15 is 0 Å². The summed E-state index contributed by atoms with van der Waals surface area (Å²) in [7, 11) is 0. The van der Waals surface area contributed by atoms with Gasteiger partial charge in [0.05, 0.1) is 17.1 Å². The summed E-state index contributed by atoms with van der Waals surface area (Å²) in [6.07, 6.45) is 0. The molecule has 1 aromatic heterocycles. The second-order valence-electron chi connectivity index (χ2n) is 3.46. The SMILES string of the molecule is O=C(O)c1cc(Oc2cc(F)cc([N+](=O)[O-])c2)cs1. The maximum Gasteiger partial charge on any atom is 0.346 e. The number of rotatable bonds is 4. The zero-order valence-corrected chi connectivity index (χ0v) is 10.0. The number of hydrogen-bond donors (Lipinski definition) is 1. The molecule has 1 heterocycles. The summed E-state index contributed by atoms with van der Waals surface area (Å²) in [5.74, 6) is -1.80. The lowest BCUT2D eigenvalue weighted by Gasteiger charge is -2.03. The average Bonchev–Trinajstić information content (AvgIpc) is 2.76. The van der Waals surface area contributed by atoms with Gasteiger partial charge in [-0.05, 0) is 0 Å². The van der Waals surface area contributed by atoms with E-state index in [1.807, 2.05) is 0 Å². The Morgan fingerprint density at radius 2 is 2.05 bits per heavy atom. The van der Waals surface area contributed by atoms with E-state index in [-0.39, 0.29) is 16.4 Å². The minimum absolute atomic E-state index is 0.0564. The Labute approximate surface area is 109 Å². The predicted octanol–water partition coefficient (Wildman–Crippen LogP) is 3.29. The molecule has 0 fully saturated rings. The summed E-state index contributed by atoms with van der Waals surface area (Å²) < 4.78 is 18.3. The lowest BCUT2D eigenvalue weighted by Crippen LogP contribution is -1.92. The van der Waals surface area contributed by atoms with Crippen molar-refractivity contribution in [2.24, 2.45) is 0 Å². The molecule has 19 heavy (non-hydrogen) atoms. The summed E-state index contributed by atoms with van der Waals surface area (Å²) in [6, 6.07) is 4.05. The molecule has 2 aromatic rings. The fourth-order valence-electron chi connectivity index (χ4n) is 1.33. The number of hydrogen-bond acceptors (Lipinski definition) is 5. The van der Waals surface area contributed by atoms with Crippen molar-refractivity contribution in [2.45, 2.75) is 0 Å². The summed E-state index contributed by atoms with van der Waals surface area (Å²) in [4.78, 5) is 20.5. The van der Waals surface area contributed by atoms with Crippen LogP contribution in [0.3, 0.4) is 0 Å². The van der Waals surface area contributed by atoms with E-state index in [0.29, 0.717) is 0 Å². The van der Waals surface area contributed by atoms with Crippen LogP contribution in [-0.4, -0.2) is 16.0 Å². The smallest absolute Gasteiger partial charge is 0.346 e. The molecule has 0 bridgehead atoms. The molecule has 2 rings (SSSR count). The van der Waals surface area contributed by atoms with Crippen molar-refractivity contribution in [3.05, 3.63) is 50.5 Å². The zero-order chi connectivity index (χ0) is 14.0. The van der Waals surface area contributed by atoms with Gasteiger partial charge < -0.3 is 9.84 Å². The van der Waals surface area contributed by atoms with Gasteiger partial charge in [-0.15, -0.1) is 11.3 Å². The van der Waals surface area contributed by atoms with E-state index in [9.17, 15) is 19.3 Å². The first-order chi connectivity index (χ1) is 8.95. The highest BCUT2D eigenvalue weighted by atomic mass is 32.1. The highest BCUT2D eigenvalue weighted by Gasteiger charge is 2.13. The van der Waals surface area contributed by atoms with E-state index < -0.39 is 22.4 Å². The molecule has 98 valence electrons. The summed E-state index contributed by atoms with van der Waals surface area (Å²) in [5, 5.41) is 20.7. The molecule has 0 atom stereocenters. The minimum Gasteiger partial charge on any atom is -0.477 e. The van der Waals surface area contributed by atoms with Gasteiger partial charge in [0.15, 0.2) is 0 Å². The van der Waals surface area contributed by atoms with E-state index in [1.165, 1.54) is 11.4 Å². The van der Waals surface area contributed by atoms with Crippen molar-refractivity contribution >= 4 is 23.0 Å². The molecular formula is C11H6FNO5S. The number of halogens is 1. The van der Waals surface area contributed by atoms with Crippen LogP contribution in [0.4, 0.5) is 10.1 Å². The van der Waals surface area contributed by atoms with Crippen LogP contribution in [0, 0.1) is 15.9 Å². The number of non-ortho nitro benzene ring substituents is 1. The van der Waals surface area contributed by atoms with Gasteiger partial charge in [-0.25, -0.2) is 9.18 Å². The molecule has 0 aliphatic heterocycles. The number of nitro benzene ring substituents is 1. The van der Waals surface area contributed by atoms with Crippen molar-refractivity contribution < 1.29 is 24.0 Å². The average molecular weight is 283 g/mol. The highest BCUT2D eigenvalue weighted by molar-refractivity contribution is 7.12. The Balaban J connectivity index is 2.27. The van der Waals surface area contributed by atoms with Gasteiger partial charge in [-0.2, -0.15) is 0 Å². The van der Waals surface area contributed by atoms with Crippen LogP contribution in [0.1, 0.15) is 9.67 Å². The third kappa shape index (κ3) is 3.05. The van der Waals surface area contributed by atoms with Crippen LogP contribution in [-0.2, 0) is 0 Å². The molecule has 0 unspecified atom stereocenters. The maximum atomic E-state index is 13.1. The molecule has 0 amide bonds. The number of thiophene rings is 1. The first-order valence-corrected chi connectivity index (χ1v) is 5.78. The molecule has 8 heteroatoms. The molecule has 1 aromatic carbocycles. The topological polar surface area (TPSA) is 89.7 Å². The maximum absolute atomic E-state index is 13.1. The van der Waals surface area contributed by atoms with Crippen LogP contribution in [0.15, 0.2) is 29.6 Å². The lowest BCUT2D eigenvalue weighted by molar-refractivity contribution is -0.385. The Kier molecular flexibility index (Phi) is 3.43. The number of benzene rings is 1. The van der Waals surface area contributed by atoms with Gasteiger partial charge in [0.25, 0.3) is 5.69 Å². The van der Waals surface area contributed by atoms with Gasteiger partial charge in [-0.3, -0.25) is 10.1 Å². The fraction of sp³-hybridized carbons (Fsp3) is 0. The Bertz CT molecular complexity index is 654. The quantitative estimate of drug-likeness (QED) is 0.686. The molecule has 0 saturated carbocycles. The van der Waals surface area contributed by atoms with Crippen LogP contribution >= 0.6 is 11.3 Å². The van der Waals surface area contributed by atoms with Crippen molar-refractivity contribution in [3.63, 3.8) is 0 Å². The fourth-order valence-corrected chi connectivity index (χ4v) is 1.98. The van der Waals surface area contributed by atoms with Gasteiger partial charge in [-0.1, -0.05) is 0 Å². The lowest BCUT2D eigenvalue weighted by atomic mass is 10.3. The third-order valence-corrected chi connectivity index (χ3v) is 2.99. The van der Waals surface area contributed by atoms with Crippen LogP contribution in [0.2, 0.25) is 0 Å². The standard InChI is InChI=1S/C11H6FNO5S/c12-6-1-7(13(16)17)3-8(2-6)18-9-4-10(11(14)15)19-5-9/h1-5H,(H,14,15). The zero-order valence-electron chi connectivity index (χ0n) is 9.20. The van der Waals surface area contributed by atoms with Gasteiger partial charge >= 0.3 is 5.97 Å². The molecule has 0 aliphatic rings. The predicted molar refractivity (Wildman–Crippen MR) is 64.4 cm³/mol. The molecule has 0 aliphatic carbocycles. The summed E-state index contributed by atoms with van der Waals surface area (Å²) >= 11 is 0.939. The molecular weight excluding hydrogens is 277 g/mol. The molecule has 6 nitrogen and oxygen atoms in total. The normalized spacial score (nSPS) is 10.2. The Morgan fingerprint density at radius 1 is 1.32 bits per heavy atom. The van der Waals surface area contributed by atoms with E-state index in [1.54, 1.807) is 0 Å². The van der Waals surface area contributed by atoms with Crippen LogP contribution < -0.4 is 4.74 Å². The van der Waals surface area contributed by atoms with Crippen molar-refractivity contribution in [1.82, 2.24) is 0 Å². The van der Waals surface area contributed by atoms with E-state index in [4.69, 9.17) is 9.84 Å². The van der Waals surface area contributed by atoms with Crippen molar-refractivity contribution in [1.29, 1.82) is 0 Å². The monoisotopic (exact) mass is 283 g/mol. The number of carbonyl (C=O) groups is 1. The van der Waals surface area contributed by atoms with Crippen LogP contribution in [0.5, 0.6) is 11.5 Å². The minimum atomic E-state index is -1.11. The first kappa shape index (κ1) is 13.0. The van der Waals surface area contributed by atoms with E-state index in [0.717, 1.165) is 29.5 Å². The third-order valence-electron chi connectivity index (χ3n) is 2.09.